The largest absolute Gasteiger partial charge is 0.505 e. The van der Waals surface area contributed by atoms with Crippen molar-refractivity contribution >= 4 is 22.8 Å². The smallest absolute Gasteiger partial charge is 0.311 e. The van der Waals surface area contributed by atoms with Gasteiger partial charge in [-0.2, -0.15) is 0 Å². The number of halogens is 3. The van der Waals surface area contributed by atoms with Gasteiger partial charge in [0.2, 0.25) is 0 Å². The fraction of sp³-hybridized carbons (Fsp3) is 0.273. The van der Waals surface area contributed by atoms with Gasteiger partial charge >= 0.3 is 5.97 Å². The number of carbonyl (C=O) groups is 2. The van der Waals surface area contributed by atoms with Crippen LogP contribution in [0, 0.1) is 30.3 Å². The highest BCUT2D eigenvalue weighted by molar-refractivity contribution is 6.05. The minimum absolute atomic E-state index is 0.0297. The summed E-state index contributed by atoms with van der Waals surface area (Å²) >= 11 is 0. The van der Waals surface area contributed by atoms with E-state index < -0.39 is 41.0 Å². The van der Waals surface area contributed by atoms with Crippen molar-refractivity contribution in [2.24, 2.45) is 5.92 Å². The summed E-state index contributed by atoms with van der Waals surface area (Å²) in [6.45, 7) is 5.06. The van der Waals surface area contributed by atoms with Gasteiger partial charge in [0.05, 0.1) is 11.4 Å². The predicted octanol–water partition coefficient (Wildman–Crippen LogP) is 4.98. The lowest BCUT2D eigenvalue weighted by Gasteiger charge is -2.20. The number of benzene rings is 2. The molecular formula is C22H20F3NO4. The lowest BCUT2D eigenvalue weighted by atomic mass is 9.84. The Morgan fingerprint density at radius 3 is 2.30 bits per heavy atom. The summed E-state index contributed by atoms with van der Waals surface area (Å²) in [7, 11) is 0. The second kappa shape index (κ2) is 7.85. The molecule has 0 aliphatic carbocycles. The minimum Gasteiger partial charge on any atom is -0.505 e. The molecule has 30 heavy (non-hydrogen) atoms. The highest BCUT2D eigenvalue weighted by atomic mass is 19.2. The normalized spacial score (nSPS) is 13.4. The van der Waals surface area contributed by atoms with E-state index in [9.17, 15) is 33.0 Å². The van der Waals surface area contributed by atoms with Crippen molar-refractivity contribution < 1.29 is 33.0 Å². The number of carboxylic acid groups (broad SMARTS) is 1. The van der Waals surface area contributed by atoms with Crippen LogP contribution in [0.25, 0.3) is 10.9 Å². The number of aromatic hydroxyl groups is 1. The number of aliphatic carboxylic acids is 1. The highest BCUT2D eigenvalue weighted by Crippen LogP contribution is 2.39. The Kier molecular flexibility index (Phi) is 5.61. The number of carbonyl (C=O) groups excluding carboxylic acids is 1. The van der Waals surface area contributed by atoms with Crippen LogP contribution in [0.3, 0.4) is 0 Å². The lowest BCUT2D eigenvalue weighted by Crippen LogP contribution is -2.21. The maximum atomic E-state index is 14.1. The van der Waals surface area contributed by atoms with E-state index in [1.165, 1.54) is 6.92 Å². The third-order valence-electron chi connectivity index (χ3n) is 5.48. The maximum absolute atomic E-state index is 14.1. The average Bonchev–Trinajstić information content (AvgIpc) is 2.95. The molecule has 158 valence electrons. The second-order valence-electron chi connectivity index (χ2n) is 7.29. The zero-order valence-electron chi connectivity index (χ0n) is 16.5. The lowest BCUT2D eigenvalue weighted by molar-refractivity contribution is -0.140. The first kappa shape index (κ1) is 21.4. The summed E-state index contributed by atoms with van der Waals surface area (Å²) in [6.07, 6.45) is 0.521. The van der Waals surface area contributed by atoms with Crippen molar-refractivity contribution in [3.63, 3.8) is 0 Å². The standard InChI is InChI=1S/C22H20F3NO4/c1-4-10(2)19(22(29)30)20-11(3)26(17-9-16(25)18(27)8-13(17)20)21(28)12-5-6-14(23)15(24)7-12/h5-10,19,27H,4H2,1-3H3,(H,29,30)/t10-,19?/m1/s1. The van der Waals surface area contributed by atoms with Crippen molar-refractivity contribution in [1.82, 2.24) is 4.57 Å². The summed E-state index contributed by atoms with van der Waals surface area (Å²) < 4.78 is 42.2. The minimum atomic E-state index is -1.22. The van der Waals surface area contributed by atoms with Gasteiger partial charge in [-0.25, -0.2) is 13.2 Å². The molecule has 2 N–H and O–H groups in total. The summed E-state index contributed by atoms with van der Waals surface area (Å²) in [6, 6.07) is 4.62. The van der Waals surface area contributed by atoms with Crippen LogP contribution in [0.1, 0.15) is 47.8 Å². The van der Waals surface area contributed by atoms with Crippen LogP contribution in [0.15, 0.2) is 30.3 Å². The molecule has 2 atom stereocenters. The fourth-order valence-corrected chi connectivity index (χ4v) is 3.75. The number of phenolic OH excluding ortho intramolecular Hbond substituents is 1. The van der Waals surface area contributed by atoms with E-state index >= 15 is 0 Å². The summed E-state index contributed by atoms with van der Waals surface area (Å²) in [5.74, 6) is -7.29. The first-order chi connectivity index (χ1) is 14.1. The van der Waals surface area contributed by atoms with Crippen LogP contribution in [0.5, 0.6) is 5.75 Å². The van der Waals surface area contributed by atoms with Gasteiger partial charge in [0, 0.05) is 22.7 Å². The van der Waals surface area contributed by atoms with Crippen LogP contribution < -0.4 is 0 Å². The molecule has 1 heterocycles. The molecule has 0 saturated carbocycles. The van der Waals surface area contributed by atoms with Gasteiger partial charge in [-0.05, 0) is 42.7 Å². The van der Waals surface area contributed by atoms with Crippen molar-refractivity contribution in [3.05, 3.63) is 64.6 Å². The van der Waals surface area contributed by atoms with Crippen LogP contribution in [-0.4, -0.2) is 26.7 Å². The number of carboxylic acids is 1. The molecule has 0 spiro atoms. The number of phenols is 1. The average molecular weight is 419 g/mol. The fourth-order valence-electron chi connectivity index (χ4n) is 3.75. The quantitative estimate of drug-likeness (QED) is 0.612. The molecule has 0 saturated heterocycles. The summed E-state index contributed by atoms with van der Waals surface area (Å²) in [4.78, 5) is 25.2. The first-order valence-corrected chi connectivity index (χ1v) is 9.34. The molecule has 0 amide bonds. The number of hydrogen-bond donors (Lipinski definition) is 2. The first-order valence-electron chi connectivity index (χ1n) is 9.34. The van der Waals surface area contributed by atoms with E-state index in [0.29, 0.717) is 6.42 Å². The van der Waals surface area contributed by atoms with E-state index in [-0.39, 0.29) is 33.6 Å². The molecular weight excluding hydrogens is 399 g/mol. The topological polar surface area (TPSA) is 79.5 Å². The molecule has 0 bridgehead atoms. The van der Waals surface area contributed by atoms with Crippen molar-refractivity contribution in [2.45, 2.75) is 33.1 Å². The van der Waals surface area contributed by atoms with E-state index in [2.05, 4.69) is 0 Å². The van der Waals surface area contributed by atoms with Gasteiger partial charge in [0.1, 0.15) is 0 Å². The number of aromatic nitrogens is 1. The predicted molar refractivity (Wildman–Crippen MR) is 104 cm³/mol. The molecule has 0 aliphatic rings. The molecule has 0 radical (unpaired) electrons. The molecule has 0 aliphatic heterocycles. The van der Waals surface area contributed by atoms with E-state index in [1.54, 1.807) is 6.92 Å². The van der Waals surface area contributed by atoms with Gasteiger partial charge in [0.25, 0.3) is 5.91 Å². The third kappa shape index (κ3) is 3.42. The number of hydrogen-bond acceptors (Lipinski definition) is 3. The van der Waals surface area contributed by atoms with Gasteiger partial charge in [-0.15, -0.1) is 0 Å². The van der Waals surface area contributed by atoms with E-state index in [4.69, 9.17) is 0 Å². The number of rotatable bonds is 5. The Bertz CT molecular complexity index is 1170. The maximum Gasteiger partial charge on any atom is 0.311 e. The molecule has 3 aromatic rings. The third-order valence-corrected chi connectivity index (χ3v) is 5.48. The molecule has 5 nitrogen and oxygen atoms in total. The van der Waals surface area contributed by atoms with Crippen LogP contribution in [0.4, 0.5) is 13.2 Å². The Hall–Kier alpha value is -3.29. The van der Waals surface area contributed by atoms with E-state index in [0.717, 1.165) is 34.9 Å². The SMILES string of the molecule is CC[C@@H](C)C(C(=O)O)c1c(C)n(C(=O)c2ccc(F)c(F)c2)c2cc(F)c(O)cc12. The second-order valence-corrected chi connectivity index (χ2v) is 7.29. The van der Waals surface area contributed by atoms with Crippen LogP contribution >= 0.6 is 0 Å². The number of nitrogens with zero attached hydrogens (tertiary/aromatic N) is 1. The molecule has 1 unspecified atom stereocenters. The van der Waals surface area contributed by atoms with Gasteiger partial charge in [-0.3, -0.25) is 14.2 Å². The Morgan fingerprint density at radius 2 is 1.73 bits per heavy atom. The monoisotopic (exact) mass is 419 g/mol. The summed E-state index contributed by atoms with van der Waals surface area (Å²) in [5.41, 5.74) is 0.321. The van der Waals surface area contributed by atoms with Crippen molar-refractivity contribution in [3.8, 4) is 5.75 Å². The molecule has 2 aromatic carbocycles. The van der Waals surface area contributed by atoms with Crippen LogP contribution in [-0.2, 0) is 4.79 Å². The molecule has 8 heteroatoms. The Labute approximate surface area is 170 Å². The Balaban J connectivity index is 2.36. The summed E-state index contributed by atoms with van der Waals surface area (Å²) in [5, 5.41) is 19.9. The van der Waals surface area contributed by atoms with Gasteiger partial charge in [0.15, 0.2) is 23.2 Å². The zero-order valence-corrected chi connectivity index (χ0v) is 16.5. The molecule has 3 rings (SSSR count). The van der Waals surface area contributed by atoms with Crippen molar-refractivity contribution in [2.75, 3.05) is 0 Å². The highest BCUT2D eigenvalue weighted by Gasteiger charge is 2.33. The van der Waals surface area contributed by atoms with E-state index in [1.807, 2.05) is 6.92 Å². The Morgan fingerprint density at radius 1 is 1.07 bits per heavy atom. The van der Waals surface area contributed by atoms with Crippen LogP contribution in [0.2, 0.25) is 0 Å². The zero-order chi connectivity index (χ0) is 22.3. The molecule has 0 fully saturated rings. The van der Waals surface area contributed by atoms with Crippen molar-refractivity contribution in [1.29, 1.82) is 0 Å². The molecule has 1 aromatic heterocycles. The van der Waals surface area contributed by atoms with Gasteiger partial charge in [-0.1, -0.05) is 20.3 Å². The van der Waals surface area contributed by atoms with Gasteiger partial charge < -0.3 is 10.2 Å². The number of fused-ring (bicyclic) bond motifs is 1.